The molecule has 28 heavy (non-hydrogen) atoms. The highest BCUT2D eigenvalue weighted by Gasteiger charge is 2.08. The maximum atomic E-state index is 12.3. The average Bonchev–Trinajstić information content (AvgIpc) is 3.09. The molecule has 0 saturated carbocycles. The number of hydrogen-bond donors (Lipinski definition) is 1. The SMILES string of the molecule is Cc1cc(Cn2ccc(NC(=O)Cc3ccc(C(C)C)cc3)n2)ncc1C#N. The first-order valence-corrected chi connectivity index (χ1v) is 9.22. The molecule has 142 valence electrons. The van der Waals surface area contributed by atoms with Gasteiger partial charge in [-0.3, -0.25) is 14.5 Å². The number of anilines is 1. The van der Waals surface area contributed by atoms with Crippen molar-refractivity contribution in [3.05, 3.63) is 76.7 Å². The van der Waals surface area contributed by atoms with E-state index in [0.29, 0.717) is 30.3 Å². The molecule has 0 spiro atoms. The lowest BCUT2D eigenvalue weighted by molar-refractivity contribution is -0.115. The van der Waals surface area contributed by atoms with Crippen molar-refractivity contribution in [3.8, 4) is 6.07 Å². The first-order chi connectivity index (χ1) is 13.4. The predicted octanol–water partition coefficient (Wildman–Crippen LogP) is 3.81. The molecule has 3 rings (SSSR count). The zero-order valence-corrected chi connectivity index (χ0v) is 16.3. The predicted molar refractivity (Wildman–Crippen MR) is 108 cm³/mol. The fraction of sp³-hybridized carbons (Fsp3) is 0.273. The van der Waals surface area contributed by atoms with Gasteiger partial charge in [-0.25, -0.2) is 0 Å². The maximum absolute atomic E-state index is 12.3. The molecule has 1 amide bonds. The Labute approximate surface area is 164 Å². The van der Waals surface area contributed by atoms with Crippen LogP contribution in [0.4, 0.5) is 5.82 Å². The summed E-state index contributed by atoms with van der Waals surface area (Å²) in [5.74, 6) is 0.880. The van der Waals surface area contributed by atoms with Crippen molar-refractivity contribution in [1.82, 2.24) is 14.8 Å². The summed E-state index contributed by atoms with van der Waals surface area (Å²) in [4.78, 5) is 16.6. The molecule has 0 aliphatic carbocycles. The van der Waals surface area contributed by atoms with Crippen LogP contribution in [0.5, 0.6) is 0 Å². The van der Waals surface area contributed by atoms with E-state index in [1.54, 1.807) is 23.1 Å². The second-order valence-electron chi connectivity index (χ2n) is 7.12. The molecule has 0 aliphatic rings. The molecule has 0 aliphatic heterocycles. The second kappa shape index (κ2) is 8.49. The number of rotatable bonds is 6. The van der Waals surface area contributed by atoms with Gasteiger partial charge < -0.3 is 5.32 Å². The van der Waals surface area contributed by atoms with Crippen LogP contribution in [-0.2, 0) is 17.8 Å². The van der Waals surface area contributed by atoms with Crippen molar-refractivity contribution in [2.45, 2.75) is 39.7 Å². The highest BCUT2D eigenvalue weighted by Crippen LogP contribution is 2.15. The highest BCUT2D eigenvalue weighted by molar-refractivity contribution is 5.91. The fourth-order valence-corrected chi connectivity index (χ4v) is 2.89. The van der Waals surface area contributed by atoms with Gasteiger partial charge >= 0.3 is 0 Å². The van der Waals surface area contributed by atoms with Crippen molar-refractivity contribution in [3.63, 3.8) is 0 Å². The number of aryl methyl sites for hydroxylation is 1. The van der Waals surface area contributed by atoms with Crippen LogP contribution >= 0.6 is 0 Å². The van der Waals surface area contributed by atoms with E-state index in [0.717, 1.165) is 16.8 Å². The minimum absolute atomic E-state index is 0.102. The quantitative estimate of drug-likeness (QED) is 0.712. The Morgan fingerprint density at radius 2 is 2.00 bits per heavy atom. The van der Waals surface area contributed by atoms with Gasteiger partial charge in [0.05, 0.1) is 24.2 Å². The number of pyridine rings is 1. The Bertz CT molecular complexity index is 1010. The molecule has 1 aromatic carbocycles. The highest BCUT2D eigenvalue weighted by atomic mass is 16.1. The largest absolute Gasteiger partial charge is 0.309 e. The van der Waals surface area contributed by atoms with Crippen molar-refractivity contribution in [2.24, 2.45) is 0 Å². The van der Waals surface area contributed by atoms with E-state index >= 15 is 0 Å². The molecule has 0 unspecified atom stereocenters. The van der Waals surface area contributed by atoms with Crippen LogP contribution in [0.15, 0.2) is 48.8 Å². The normalized spacial score (nSPS) is 10.7. The Morgan fingerprint density at radius 1 is 1.25 bits per heavy atom. The maximum Gasteiger partial charge on any atom is 0.229 e. The average molecular weight is 373 g/mol. The summed E-state index contributed by atoms with van der Waals surface area (Å²) in [6.45, 7) is 6.64. The summed E-state index contributed by atoms with van der Waals surface area (Å²) >= 11 is 0. The molecule has 1 N–H and O–H groups in total. The molecule has 6 nitrogen and oxygen atoms in total. The molecule has 0 radical (unpaired) electrons. The van der Waals surface area contributed by atoms with E-state index in [9.17, 15) is 4.79 Å². The van der Waals surface area contributed by atoms with Gasteiger partial charge in [0.1, 0.15) is 6.07 Å². The topological polar surface area (TPSA) is 83.6 Å². The van der Waals surface area contributed by atoms with Gasteiger partial charge in [-0.2, -0.15) is 10.4 Å². The molecule has 3 aromatic rings. The summed E-state index contributed by atoms with van der Waals surface area (Å²) in [5.41, 5.74) is 4.49. The molecular formula is C22H23N5O. The first-order valence-electron chi connectivity index (χ1n) is 9.22. The molecule has 2 heterocycles. The number of nitrogens with one attached hydrogen (secondary N) is 1. The smallest absolute Gasteiger partial charge is 0.229 e. The van der Waals surface area contributed by atoms with Crippen molar-refractivity contribution in [1.29, 1.82) is 5.26 Å². The van der Waals surface area contributed by atoms with Gasteiger partial charge in [-0.05, 0) is 35.6 Å². The minimum atomic E-state index is -0.102. The van der Waals surface area contributed by atoms with Crippen LogP contribution in [0.3, 0.4) is 0 Å². The van der Waals surface area contributed by atoms with Crippen LogP contribution in [0, 0.1) is 18.3 Å². The Balaban J connectivity index is 1.58. The van der Waals surface area contributed by atoms with E-state index in [1.165, 1.54) is 5.56 Å². The van der Waals surface area contributed by atoms with E-state index in [1.807, 2.05) is 25.1 Å². The molecule has 0 bridgehead atoms. The van der Waals surface area contributed by atoms with E-state index in [-0.39, 0.29) is 5.91 Å². The summed E-state index contributed by atoms with van der Waals surface area (Å²) in [6.07, 6.45) is 3.67. The second-order valence-corrected chi connectivity index (χ2v) is 7.12. The molecule has 2 aromatic heterocycles. The van der Waals surface area contributed by atoms with Gasteiger partial charge in [0.25, 0.3) is 0 Å². The summed E-state index contributed by atoms with van der Waals surface area (Å²) in [5, 5.41) is 16.2. The van der Waals surface area contributed by atoms with E-state index in [4.69, 9.17) is 5.26 Å². The number of nitriles is 1. The van der Waals surface area contributed by atoms with Gasteiger partial charge in [0.2, 0.25) is 5.91 Å². The lowest BCUT2D eigenvalue weighted by Crippen LogP contribution is -2.15. The van der Waals surface area contributed by atoms with Crippen molar-refractivity contribution >= 4 is 11.7 Å². The number of hydrogen-bond acceptors (Lipinski definition) is 4. The fourth-order valence-electron chi connectivity index (χ4n) is 2.89. The molecular weight excluding hydrogens is 350 g/mol. The third-order valence-corrected chi connectivity index (χ3v) is 4.53. The Kier molecular flexibility index (Phi) is 5.85. The van der Waals surface area contributed by atoms with E-state index < -0.39 is 0 Å². The summed E-state index contributed by atoms with van der Waals surface area (Å²) < 4.78 is 1.71. The van der Waals surface area contributed by atoms with Crippen molar-refractivity contribution in [2.75, 3.05) is 5.32 Å². The number of benzene rings is 1. The summed E-state index contributed by atoms with van der Waals surface area (Å²) in [7, 11) is 0. The molecule has 0 atom stereocenters. The van der Waals surface area contributed by atoms with Gasteiger partial charge in [-0.15, -0.1) is 0 Å². The standard InChI is InChI=1S/C22H23N5O/c1-15(2)18-6-4-17(5-7-18)11-22(28)25-21-8-9-27(26-21)14-20-10-16(3)19(12-23)13-24-20/h4-10,13,15H,11,14H2,1-3H3,(H,25,26,28). The van der Waals surface area contributed by atoms with Crippen LogP contribution in [-0.4, -0.2) is 20.7 Å². The summed E-state index contributed by atoms with van der Waals surface area (Å²) in [6, 6.07) is 13.9. The number of carbonyl (C=O) groups is 1. The Morgan fingerprint density at radius 3 is 2.64 bits per heavy atom. The number of amides is 1. The van der Waals surface area contributed by atoms with Crippen molar-refractivity contribution < 1.29 is 4.79 Å². The Hall–Kier alpha value is -3.46. The monoisotopic (exact) mass is 373 g/mol. The minimum Gasteiger partial charge on any atom is -0.309 e. The third-order valence-electron chi connectivity index (χ3n) is 4.53. The number of nitrogens with zero attached hydrogens (tertiary/aromatic N) is 4. The molecule has 0 saturated heterocycles. The van der Waals surface area contributed by atoms with Gasteiger partial charge in [-0.1, -0.05) is 38.1 Å². The first kappa shape index (κ1) is 19.3. The van der Waals surface area contributed by atoms with E-state index in [2.05, 4.69) is 47.4 Å². The van der Waals surface area contributed by atoms with Gasteiger partial charge in [0, 0.05) is 18.5 Å². The zero-order valence-electron chi connectivity index (χ0n) is 16.3. The number of carbonyl (C=O) groups excluding carboxylic acids is 1. The van der Waals surface area contributed by atoms with Gasteiger partial charge in [0.15, 0.2) is 5.82 Å². The van der Waals surface area contributed by atoms with Crippen LogP contribution in [0.1, 0.15) is 47.7 Å². The number of aromatic nitrogens is 3. The molecule has 0 fully saturated rings. The van der Waals surface area contributed by atoms with Crippen LogP contribution in [0.2, 0.25) is 0 Å². The van der Waals surface area contributed by atoms with Crippen LogP contribution in [0.25, 0.3) is 0 Å². The molecule has 6 heteroatoms. The zero-order chi connectivity index (χ0) is 20.1. The third kappa shape index (κ3) is 4.83. The lowest BCUT2D eigenvalue weighted by atomic mass is 10.0. The lowest BCUT2D eigenvalue weighted by Gasteiger charge is -2.07. The van der Waals surface area contributed by atoms with Crippen LogP contribution < -0.4 is 5.32 Å².